The zero-order chi connectivity index (χ0) is 13.7. The monoisotopic (exact) mass is 293 g/mol. The molecular formula is C15H16ClNOS. The molecule has 2 aromatic rings. The number of nitrogens with two attached hydrogens (primary N) is 1. The van der Waals surface area contributed by atoms with E-state index in [0.29, 0.717) is 0 Å². The Kier molecular flexibility index (Phi) is 5.14. The van der Waals surface area contributed by atoms with E-state index in [0.717, 1.165) is 27.7 Å². The summed E-state index contributed by atoms with van der Waals surface area (Å²) in [6, 6.07) is 15.0. The van der Waals surface area contributed by atoms with Gasteiger partial charge in [-0.05, 0) is 36.2 Å². The highest BCUT2D eigenvalue weighted by atomic mass is 35.5. The van der Waals surface area contributed by atoms with E-state index in [4.69, 9.17) is 17.3 Å². The highest BCUT2D eigenvalue weighted by Crippen LogP contribution is 2.27. The van der Waals surface area contributed by atoms with Crippen LogP contribution < -0.4 is 5.73 Å². The van der Waals surface area contributed by atoms with Crippen LogP contribution >= 0.6 is 23.4 Å². The number of hydrogen-bond acceptors (Lipinski definition) is 3. The van der Waals surface area contributed by atoms with Gasteiger partial charge in [-0.2, -0.15) is 0 Å². The Labute approximate surface area is 122 Å². The number of aromatic hydroxyl groups is 1. The van der Waals surface area contributed by atoms with Crippen molar-refractivity contribution < 1.29 is 5.11 Å². The lowest BCUT2D eigenvalue weighted by Gasteiger charge is -2.12. The van der Waals surface area contributed by atoms with Gasteiger partial charge in [0.2, 0.25) is 0 Å². The van der Waals surface area contributed by atoms with Crippen LogP contribution in [-0.4, -0.2) is 16.9 Å². The maximum absolute atomic E-state index is 9.41. The van der Waals surface area contributed by atoms with Crippen molar-refractivity contribution in [2.45, 2.75) is 17.4 Å². The Hall–Kier alpha value is -1.16. The maximum Gasteiger partial charge on any atom is 0.115 e. The molecule has 0 saturated carbocycles. The van der Waals surface area contributed by atoms with Crippen molar-refractivity contribution in [3.05, 3.63) is 59.1 Å². The molecule has 0 saturated heterocycles. The van der Waals surface area contributed by atoms with Crippen LogP contribution in [0, 0.1) is 0 Å². The van der Waals surface area contributed by atoms with Crippen molar-refractivity contribution in [3.8, 4) is 5.75 Å². The molecule has 1 atom stereocenters. The summed E-state index contributed by atoms with van der Waals surface area (Å²) in [6.07, 6.45) is 0.742. The predicted octanol–water partition coefficient (Wildman–Crippen LogP) is 3.71. The zero-order valence-corrected chi connectivity index (χ0v) is 12.0. The largest absolute Gasteiger partial charge is 0.508 e. The van der Waals surface area contributed by atoms with Crippen LogP contribution in [0.5, 0.6) is 5.75 Å². The number of benzene rings is 2. The number of halogens is 1. The van der Waals surface area contributed by atoms with Gasteiger partial charge < -0.3 is 10.8 Å². The summed E-state index contributed by atoms with van der Waals surface area (Å²) in [4.78, 5) is 1.05. The lowest BCUT2D eigenvalue weighted by Crippen LogP contribution is -2.25. The molecule has 0 aliphatic heterocycles. The van der Waals surface area contributed by atoms with Crippen LogP contribution in [0.4, 0.5) is 0 Å². The number of thioether (sulfide) groups is 1. The molecule has 0 spiro atoms. The minimum absolute atomic E-state index is 0.0306. The van der Waals surface area contributed by atoms with E-state index < -0.39 is 0 Å². The van der Waals surface area contributed by atoms with Crippen molar-refractivity contribution in [2.24, 2.45) is 5.73 Å². The van der Waals surface area contributed by atoms with Crippen molar-refractivity contribution in [1.82, 2.24) is 0 Å². The predicted molar refractivity (Wildman–Crippen MR) is 82.0 cm³/mol. The van der Waals surface area contributed by atoms with Gasteiger partial charge in [0.15, 0.2) is 0 Å². The summed E-state index contributed by atoms with van der Waals surface area (Å²) >= 11 is 7.75. The van der Waals surface area contributed by atoms with E-state index in [1.54, 1.807) is 23.9 Å². The molecule has 4 heteroatoms. The Balaban J connectivity index is 1.88. The first-order chi connectivity index (χ1) is 9.15. The van der Waals surface area contributed by atoms with Gasteiger partial charge in [-0.1, -0.05) is 35.9 Å². The van der Waals surface area contributed by atoms with Gasteiger partial charge in [0, 0.05) is 16.7 Å². The molecule has 100 valence electrons. The van der Waals surface area contributed by atoms with Gasteiger partial charge in [0.25, 0.3) is 0 Å². The Morgan fingerprint density at radius 2 is 1.95 bits per heavy atom. The zero-order valence-electron chi connectivity index (χ0n) is 10.4. The summed E-state index contributed by atoms with van der Waals surface area (Å²) in [5.74, 6) is 1.07. The molecule has 0 amide bonds. The van der Waals surface area contributed by atoms with Crippen LogP contribution in [0.1, 0.15) is 5.56 Å². The Morgan fingerprint density at radius 3 is 2.68 bits per heavy atom. The average Bonchev–Trinajstić information content (AvgIpc) is 2.38. The van der Waals surface area contributed by atoms with Crippen LogP contribution in [0.3, 0.4) is 0 Å². The second kappa shape index (κ2) is 6.85. The second-order valence-corrected chi connectivity index (χ2v) is 5.84. The Morgan fingerprint density at radius 1 is 1.16 bits per heavy atom. The molecule has 0 bridgehead atoms. The number of phenols is 1. The van der Waals surface area contributed by atoms with Crippen LogP contribution in [0.15, 0.2) is 53.4 Å². The summed E-state index contributed by atoms with van der Waals surface area (Å²) in [5, 5.41) is 10.2. The molecule has 0 heterocycles. The third kappa shape index (κ3) is 4.46. The standard InChI is InChI=1S/C15H16ClNOS/c16-14-6-1-2-7-15(14)19-10-12(17)8-11-4-3-5-13(18)9-11/h1-7,9,12,18H,8,10,17H2. The average molecular weight is 294 g/mol. The van der Waals surface area contributed by atoms with E-state index in [1.165, 1.54) is 0 Å². The first kappa shape index (κ1) is 14.3. The van der Waals surface area contributed by atoms with Gasteiger partial charge in [0.05, 0.1) is 5.02 Å². The Bertz CT molecular complexity index is 547. The number of phenolic OH excluding ortho intramolecular Hbond substituents is 1. The fourth-order valence-corrected chi connectivity index (χ4v) is 3.00. The van der Waals surface area contributed by atoms with Crippen molar-refractivity contribution in [2.75, 3.05) is 5.75 Å². The summed E-state index contributed by atoms with van der Waals surface area (Å²) in [5.41, 5.74) is 7.16. The third-order valence-electron chi connectivity index (χ3n) is 2.70. The number of rotatable bonds is 5. The first-order valence-corrected chi connectivity index (χ1v) is 7.42. The van der Waals surface area contributed by atoms with Gasteiger partial charge in [-0.3, -0.25) is 0 Å². The highest BCUT2D eigenvalue weighted by molar-refractivity contribution is 7.99. The van der Waals surface area contributed by atoms with Crippen LogP contribution in [0.2, 0.25) is 5.02 Å². The summed E-state index contributed by atoms with van der Waals surface area (Å²) in [6.45, 7) is 0. The van der Waals surface area contributed by atoms with Crippen LogP contribution in [0.25, 0.3) is 0 Å². The quantitative estimate of drug-likeness (QED) is 0.826. The van der Waals surface area contributed by atoms with Gasteiger partial charge in [0.1, 0.15) is 5.75 Å². The molecule has 2 aromatic carbocycles. The molecule has 0 fully saturated rings. The molecule has 1 unspecified atom stereocenters. The SMILES string of the molecule is NC(CSc1ccccc1Cl)Cc1cccc(O)c1. The highest BCUT2D eigenvalue weighted by Gasteiger charge is 2.07. The fourth-order valence-electron chi connectivity index (χ4n) is 1.80. The summed E-state index contributed by atoms with van der Waals surface area (Å²) in [7, 11) is 0. The molecule has 0 aliphatic carbocycles. The topological polar surface area (TPSA) is 46.2 Å². The minimum Gasteiger partial charge on any atom is -0.508 e. The second-order valence-electron chi connectivity index (χ2n) is 4.38. The fraction of sp³-hybridized carbons (Fsp3) is 0.200. The van der Waals surface area contributed by atoms with Crippen molar-refractivity contribution in [1.29, 1.82) is 0 Å². The van der Waals surface area contributed by atoms with Gasteiger partial charge >= 0.3 is 0 Å². The molecule has 3 N–H and O–H groups in total. The van der Waals surface area contributed by atoms with Crippen LogP contribution in [-0.2, 0) is 6.42 Å². The van der Waals surface area contributed by atoms with E-state index in [2.05, 4.69) is 0 Å². The van der Waals surface area contributed by atoms with Crippen molar-refractivity contribution >= 4 is 23.4 Å². The molecule has 0 aromatic heterocycles. The molecule has 0 aliphatic rings. The number of hydrogen-bond donors (Lipinski definition) is 2. The smallest absolute Gasteiger partial charge is 0.115 e. The van der Waals surface area contributed by atoms with Gasteiger partial charge in [-0.15, -0.1) is 11.8 Å². The minimum atomic E-state index is 0.0306. The van der Waals surface area contributed by atoms with Gasteiger partial charge in [-0.25, -0.2) is 0 Å². The lowest BCUT2D eigenvalue weighted by molar-refractivity contribution is 0.474. The molecule has 2 nitrogen and oxygen atoms in total. The third-order valence-corrected chi connectivity index (χ3v) is 4.40. The first-order valence-electron chi connectivity index (χ1n) is 6.06. The van der Waals surface area contributed by atoms with E-state index in [-0.39, 0.29) is 11.8 Å². The molecular weight excluding hydrogens is 278 g/mol. The maximum atomic E-state index is 9.41. The molecule has 0 radical (unpaired) electrons. The summed E-state index contributed by atoms with van der Waals surface area (Å²) < 4.78 is 0. The van der Waals surface area contributed by atoms with E-state index >= 15 is 0 Å². The molecule has 19 heavy (non-hydrogen) atoms. The van der Waals surface area contributed by atoms with E-state index in [9.17, 15) is 5.11 Å². The van der Waals surface area contributed by atoms with E-state index in [1.807, 2.05) is 36.4 Å². The molecule has 2 rings (SSSR count). The van der Waals surface area contributed by atoms with Crippen molar-refractivity contribution in [3.63, 3.8) is 0 Å². The normalized spacial score (nSPS) is 12.3. The lowest BCUT2D eigenvalue weighted by atomic mass is 10.1.